The molecule has 0 bridgehead atoms. The van der Waals surface area contributed by atoms with Gasteiger partial charge in [0.2, 0.25) is 0 Å². The fourth-order valence-corrected chi connectivity index (χ4v) is 2.86. The number of aryl methyl sites for hydroxylation is 2. The maximum atomic E-state index is 12.9. The summed E-state index contributed by atoms with van der Waals surface area (Å²) in [4.78, 5) is 3.87. The van der Waals surface area contributed by atoms with Crippen LogP contribution < -0.4 is 0 Å². The molecule has 2 nitrogen and oxygen atoms in total. The van der Waals surface area contributed by atoms with Crippen LogP contribution in [0, 0.1) is 0 Å². The summed E-state index contributed by atoms with van der Waals surface area (Å²) in [5.41, 5.74) is 2.32. The summed E-state index contributed by atoms with van der Waals surface area (Å²) in [6.45, 7) is 4.02. The van der Waals surface area contributed by atoms with Crippen LogP contribution in [-0.4, -0.2) is 9.55 Å². The molecule has 1 aliphatic heterocycles. The first kappa shape index (κ1) is 14.2. The first-order chi connectivity index (χ1) is 9.90. The average Bonchev–Trinajstić information content (AvgIpc) is 2.84. The molecule has 1 unspecified atom stereocenters. The number of halogens is 3. The largest absolute Gasteiger partial charge is 0.434 e. The number of hydrogen-bond acceptors (Lipinski definition) is 1. The zero-order valence-electron chi connectivity index (χ0n) is 12.0. The summed E-state index contributed by atoms with van der Waals surface area (Å²) in [6, 6.07) is 5.99. The zero-order chi connectivity index (χ0) is 15.2. The van der Waals surface area contributed by atoms with E-state index in [2.05, 4.69) is 18.0 Å². The number of imidazole rings is 1. The minimum absolute atomic E-state index is 0.0149. The van der Waals surface area contributed by atoms with Crippen LogP contribution in [0.4, 0.5) is 13.2 Å². The van der Waals surface area contributed by atoms with Crippen LogP contribution in [0.3, 0.4) is 0 Å². The fourth-order valence-electron chi connectivity index (χ4n) is 2.86. The number of fused-ring (bicyclic) bond motifs is 3. The Balaban J connectivity index is 2.18. The van der Waals surface area contributed by atoms with Crippen molar-refractivity contribution in [3.05, 3.63) is 41.2 Å². The molecule has 0 spiro atoms. The predicted molar refractivity (Wildman–Crippen MR) is 75.1 cm³/mol. The number of aromatic nitrogens is 2. The number of rotatable bonds is 1. The Morgan fingerprint density at radius 2 is 2.10 bits per heavy atom. The van der Waals surface area contributed by atoms with Crippen molar-refractivity contribution in [2.45, 2.75) is 45.3 Å². The van der Waals surface area contributed by atoms with Crippen molar-refractivity contribution >= 4 is 0 Å². The lowest BCUT2D eigenvalue weighted by Crippen LogP contribution is -2.06. The van der Waals surface area contributed by atoms with E-state index in [0.29, 0.717) is 5.82 Å². The van der Waals surface area contributed by atoms with E-state index in [1.807, 2.05) is 19.1 Å². The van der Waals surface area contributed by atoms with Crippen molar-refractivity contribution in [3.8, 4) is 11.4 Å². The van der Waals surface area contributed by atoms with Gasteiger partial charge in [-0.15, -0.1) is 0 Å². The van der Waals surface area contributed by atoms with Crippen molar-refractivity contribution in [2.24, 2.45) is 0 Å². The van der Waals surface area contributed by atoms with Crippen molar-refractivity contribution in [3.63, 3.8) is 0 Å². The molecule has 3 rings (SSSR count). The van der Waals surface area contributed by atoms with Crippen LogP contribution in [0.2, 0.25) is 0 Å². The van der Waals surface area contributed by atoms with Gasteiger partial charge in [-0.3, -0.25) is 0 Å². The van der Waals surface area contributed by atoms with Gasteiger partial charge in [0.05, 0.1) is 0 Å². The molecular formula is C16H17F3N2. The number of nitrogens with zero attached hydrogens (tertiary/aromatic N) is 2. The fraction of sp³-hybridized carbons (Fsp3) is 0.438. The van der Waals surface area contributed by atoms with E-state index in [0.717, 1.165) is 36.6 Å². The molecule has 1 aliphatic rings. The quantitative estimate of drug-likeness (QED) is 0.749. The van der Waals surface area contributed by atoms with Gasteiger partial charge in [0.1, 0.15) is 5.82 Å². The van der Waals surface area contributed by atoms with Gasteiger partial charge in [-0.2, -0.15) is 13.2 Å². The monoisotopic (exact) mass is 294 g/mol. The molecule has 0 saturated heterocycles. The highest BCUT2D eigenvalue weighted by atomic mass is 19.4. The number of alkyl halides is 3. The van der Waals surface area contributed by atoms with Gasteiger partial charge in [-0.05, 0) is 37.3 Å². The molecule has 0 saturated carbocycles. The van der Waals surface area contributed by atoms with Gasteiger partial charge in [-0.25, -0.2) is 4.98 Å². The van der Waals surface area contributed by atoms with Crippen LogP contribution in [0.1, 0.15) is 43.1 Å². The molecule has 1 aromatic heterocycles. The van der Waals surface area contributed by atoms with Crippen LogP contribution >= 0.6 is 0 Å². The summed E-state index contributed by atoms with van der Waals surface area (Å²) in [7, 11) is 0. The van der Waals surface area contributed by atoms with Crippen LogP contribution in [0.5, 0.6) is 0 Å². The SMILES string of the molecule is CCc1ccc2c(c1)CCC(C)n1cc(C(F)(F)F)nc1-2. The predicted octanol–water partition coefficient (Wildman–Crippen LogP) is 4.64. The first-order valence-corrected chi connectivity index (χ1v) is 7.18. The smallest absolute Gasteiger partial charge is 0.328 e. The Bertz CT molecular complexity index is 671. The van der Waals surface area contributed by atoms with E-state index in [4.69, 9.17) is 0 Å². The minimum atomic E-state index is -4.40. The molecule has 0 amide bonds. The maximum Gasteiger partial charge on any atom is 0.434 e. The normalized spacial score (nSPS) is 18.0. The topological polar surface area (TPSA) is 17.8 Å². The van der Waals surface area contributed by atoms with E-state index in [1.165, 1.54) is 5.56 Å². The molecule has 21 heavy (non-hydrogen) atoms. The molecule has 112 valence electrons. The minimum Gasteiger partial charge on any atom is -0.328 e. The summed E-state index contributed by atoms with van der Waals surface area (Å²) in [5, 5.41) is 0. The van der Waals surface area contributed by atoms with Gasteiger partial charge in [0, 0.05) is 17.8 Å². The Labute approximate surface area is 121 Å². The Morgan fingerprint density at radius 1 is 1.33 bits per heavy atom. The molecule has 1 atom stereocenters. The molecule has 2 heterocycles. The van der Waals surface area contributed by atoms with E-state index in [-0.39, 0.29) is 6.04 Å². The molecule has 0 N–H and O–H groups in total. The summed E-state index contributed by atoms with van der Waals surface area (Å²) >= 11 is 0. The van der Waals surface area contributed by atoms with Crippen molar-refractivity contribution < 1.29 is 13.2 Å². The van der Waals surface area contributed by atoms with Gasteiger partial charge < -0.3 is 4.57 Å². The summed E-state index contributed by atoms with van der Waals surface area (Å²) < 4.78 is 40.4. The van der Waals surface area contributed by atoms with Crippen molar-refractivity contribution in [1.29, 1.82) is 0 Å². The van der Waals surface area contributed by atoms with E-state index in [1.54, 1.807) is 4.57 Å². The standard InChI is InChI=1S/C16H17F3N2/c1-3-11-5-7-13-12(8-11)6-4-10(2)21-9-14(16(17,18)19)20-15(13)21/h5,7-10H,3-4,6H2,1-2H3. The average molecular weight is 294 g/mol. The molecule has 0 radical (unpaired) electrons. The van der Waals surface area contributed by atoms with Gasteiger partial charge in [0.15, 0.2) is 5.69 Å². The third-order valence-electron chi connectivity index (χ3n) is 4.15. The van der Waals surface area contributed by atoms with Gasteiger partial charge in [-0.1, -0.05) is 25.1 Å². The van der Waals surface area contributed by atoms with Gasteiger partial charge >= 0.3 is 6.18 Å². The summed E-state index contributed by atoms with van der Waals surface area (Å²) in [6.07, 6.45) is -0.647. The third kappa shape index (κ3) is 2.45. The molecule has 0 aliphatic carbocycles. The lowest BCUT2D eigenvalue weighted by molar-refractivity contribution is -0.140. The van der Waals surface area contributed by atoms with Crippen molar-refractivity contribution in [1.82, 2.24) is 9.55 Å². The Morgan fingerprint density at radius 3 is 2.76 bits per heavy atom. The van der Waals surface area contributed by atoms with E-state index in [9.17, 15) is 13.2 Å². The van der Waals surface area contributed by atoms with Crippen LogP contribution in [-0.2, 0) is 19.0 Å². The number of hydrogen-bond donors (Lipinski definition) is 0. The highest BCUT2D eigenvalue weighted by Crippen LogP contribution is 2.37. The second-order valence-corrected chi connectivity index (χ2v) is 5.59. The van der Waals surface area contributed by atoms with Crippen molar-refractivity contribution in [2.75, 3.05) is 0 Å². The van der Waals surface area contributed by atoms with E-state index >= 15 is 0 Å². The van der Waals surface area contributed by atoms with Gasteiger partial charge in [0.25, 0.3) is 0 Å². The number of benzene rings is 1. The zero-order valence-corrected chi connectivity index (χ0v) is 12.0. The molecule has 5 heteroatoms. The highest BCUT2D eigenvalue weighted by molar-refractivity contribution is 5.63. The second kappa shape index (κ2) is 4.90. The van der Waals surface area contributed by atoms with Crippen LogP contribution in [0.15, 0.2) is 24.4 Å². The maximum absolute atomic E-state index is 12.9. The molecular weight excluding hydrogens is 277 g/mol. The van der Waals surface area contributed by atoms with E-state index < -0.39 is 11.9 Å². The third-order valence-corrected chi connectivity index (χ3v) is 4.15. The Kier molecular flexibility index (Phi) is 3.30. The van der Waals surface area contributed by atoms with Crippen LogP contribution in [0.25, 0.3) is 11.4 Å². The molecule has 2 aromatic rings. The lowest BCUT2D eigenvalue weighted by atomic mass is 9.98. The summed E-state index contributed by atoms with van der Waals surface area (Å²) in [5.74, 6) is 0.435. The second-order valence-electron chi connectivity index (χ2n) is 5.59. The highest BCUT2D eigenvalue weighted by Gasteiger charge is 2.36. The molecule has 0 fully saturated rings. The Hall–Kier alpha value is -1.78. The molecule has 1 aromatic carbocycles. The lowest BCUT2D eigenvalue weighted by Gasteiger charge is -2.11. The first-order valence-electron chi connectivity index (χ1n) is 7.18.